The van der Waals surface area contributed by atoms with Crippen molar-refractivity contribution in [2.24, 2.45) is 35.3 Å². The highest BCUT2D eigenvalue weighted by Gasteiger charge is 2.57. The average molecular weight is 940 g/mol. The number of nitrogens with two attached hydrogens (primary N) is 1. The van der Waals surface area contributed by atoms with E-state index in [0.29, 0.717) is 56.9 Å². The quantitative estimate of drug-likeness (QED) is 0.138. The van der Waals surface area contributed by atoms with Gasteiger partial charge in [0.25, 0.3) is 11.7 Å². The van der Waals surface area contributed by atoms with Gasteiger partial charge in [0, 0.05) is 46.1 Å². The number of methoxy groups -OCH3 is 3. The Balaban J connectivity index is 1.44. The molecule has 4 N–H and O–H groups in total. The molecule has 14 unspecified atom stereocenters. The molecule has 67 heavy (non-hydrogen) atoms. The first-order valence-electron chi connectivity index (χ1n) is 24.5. The maximum Gasteiger partial charge on any atom is 0.329 e. The number of aliphatic hydroxyl groups is 1. The van der Waals surface area contributed by atoms with Crippen molar-refractivity contribution in [2.75, 3.05) is 27.9 Å². The van der Waals surface area contributed by atoms with Crippen molar-refractivity contribution in [1.82, 2.24) is 10.2 Å². The number of hydrogen-bond acceptors (Lipinski definition) is 12. The smallest absolute Gasteiger partial charge is 0.329 e. The number of allylic oxidation sites excluding steroid dienone is 3. The molecule has 14 nitrogen and oxygen atoms in total. The molecule has 2 bridgehead atoms. The molecule has 1 aromatic carbocycles. The summed E-state index contributed by atoms with van der Waals surface area (Å²) in [5.74, 6) is -8.29. The number of nitrogens with zero attached hydrogens (tertiary/aromatic N) is 1. The fourth-order valence-corrected chi connectivity index (χ4v) is 10.7. The summed E-state index contributed by atoms with van der Waals surface area (Å²) in [5, 5.41) is 15.2. The largest absolute Gasteiger partial charge is 0.456 e. The SMILES string of the molecule is CCC1/C=C(\C)C(F)C(C)CC(OC)C2OC(O)(C(=O)C(=O)N3CCCCC3C(=O)OC(C(C)=CC3CCC(NC(=O)[C@H](N)Cc4ccccc4)C(OC)C3)C(C)CCC1=O)C(C)CC2OC. The number of fused-ring (bicyclic) bond motifs is 3. The van der Waals surface area contributed by atoms with Crippen molar-refractivity contribution in [3.05, 3.63) is 59.2 Å². The van der Waals surface area contributed by atoms with Crippen LogP contribution in [0.2, 0.25) is 0 Å². The lowest BCUT2D eigenvalue weighted by Gasteiger charge is -2.47. The maximum absolute atomic E-state index is 16.3. The van der Waals surface area contributed by atoms with Crippen LogP contribution < -0.4 is 11.1 Å². The minimum absolute atomic E-state index is 0.00904. The number of nitrogens with one attached hydrogen (secondary N) is 1. The molecular weight excluding hydrogens is 862 g/mol. The lowest BCUT2D eigenvalue weighted by molar-refractivity contribution is -0.302. The van der Waals surface area contributed by atoms with E-state index in [1.54, 1.807) is 34.0 Å². The van der Waals surface area contributed by atoms with Crippen molar-refractivity contribution in [3.8, 4) is 0 Å². The monoisotopic (exact) mass is 940 g/mol. The van der Waals surface area contributed by atoms with E-state index in [1.807, 2.05) is 51.1 Å². The molecule has 0 radical (unpaired) electrons. The van der Waals surface area contributed by atoms with Gasteiger partial charge in [0.05, 0.1) is 30.4 Å². The van der Waals surface area contributed by atoms with Crippen LogP contribution in [0.5, 0.6) is 0 Å². The number of halogens is 1. The van der Waals surface area contributed by atoms with Crippen LogP contribution in [0.25, 0.3) is 0 Å². The van der Waals surface area contributed by atoms with E-state index in [2.05, 4.69) is 11.4 Å². The van der Waals surface area contributed by atoms with E-state index < -0.39 is 83.9 Å². The van der Waals surface area contributed by atoms with Gasteiger partial charge in [-0.05, 0) is 119 Å². The minimum atomic E-state index is -2.59. The Hall–Kier alpha value is -3.86. The zero-order valence-electron chi connectivity index (χ0n) is 41.2. The van der Waals surface area contributed by atoms with Gasteiger partial charge in [0.15, 0.2) is 0 Å². The standard InChI is InChI=1S/C52H78FN3O11/c1-10-37-25-31(3)45(53)32(4)26-43(64-8)47-44(65-9)27-34(6)52(62,67-47)48(58)50(60)56-23-15-14-18-40(56)51(61)66-46(30(2)19-22-41(37)57)33(5)24-36-20-21-39(42(29-36)63-7)55-49(59)38(54)28-35-16-12-11-13-17-35/h11-13,16-17,24-25,30,32,34,36-40,42-47,62H,10,14-15,18-23,26-29,54H2,1-9H3,(H,55,59)/b31-25+,33-24?/t30?,32?,34?,36?,37?,38-,39?,40?,42?,43?,44?,45?,46?,47?,52?/m1/s1. The van der Waals surface area contributed by atoms with Crippen LogP contribution in [0.1, 0.15) is 118 Å². The average Bonchev–Trinajstić information content (AvgIpc) is 3.33. The summed E-state index contributed by atoms with van der Waals surface area (Å²) < 4.78 is 46.5. The van der Waals surface area contributed by atoms with E-state index in [1.165, 1.54) is 19.1 Å². The summed E-state index contributed by atoms with van der Waals surface area (Å²) in [5.41, 5.74) is 8.45. The molecule has 374 valence electrons. The summed E-state index contributed by atoms with van der Waals surface area (Å²) in [7, 11) is 4.53. The van der Waals surface area contributed by atoms with Gasteiger partial charge in [-0.3, -0.25) is 19.2 Å². The molecule has 0 aromatic heterocycles. The third kappa shape index (κ3) is 13.3. The van der Waals surface area contributed by atoms with Crippen molar-refractivity contribution >= 4 is 29.4 Å². The fourth-order valence-electron chi connectivity index (χ4n) is 10.7. The molecule has 3 fully saturated rings. The summed E-state index contributed by atoms with van der Waals surface area (Å²) >= 11 is 0. The third-order valence-corrected chi connectivity index (χ3v) is 15.0. The number of carbonyl (C=O) groups excluding carboxylic acids is 5. The van der Waals surface area contributed by atoms with Gasteiger partial charge >= 0.3 is 5.97 Å². The van der Waals surface area contributed by atoms with Crippen LogP contribution in [-0.4, -0.2) is 128 Å². The maximum atomic E-state index is 16.3. The molecule has 2 amide bonds. The van der Waals surface area contributed by atoms with E-state index in [4.69, 9.17) is 29.4 Å². The summed E-state index contributed by atoms with van der Waals surface area (Å²) in [6.45, 7) is 10.8. The van der Waals surface area contributed by atoms with Gasteiger partial charge in [0.1, 0.15) is 30.2 Å². The first kappa shape index (κ1) is 54.1. The molecule has 3 heterocycles. The summed E-state index contributed by atoms with van der Waals surface area (Å²) in [4.78, 5) is 71.5. The highest BCUT2D eigenvalue weighted by molar-refractivity contribution is 6.39. The molecule has 15 heteroatoms. The number of benzene rings is 1. The first-order chi connectivity index (χ1) is 31.9. The molecule has 3 aliphatic heterocycles. The van der Waals surface area contributed by atoms with Crippen LogP contribution >= 0.6 is 0 Å². The highest BCUT2D eigenvalue weighted by Crippen LogP contribution is 2.39. The molecular formula is C52H78FN3O11. The Labute approximate surface area is 397 Å². The molecule has 2 saturated heterocycles. The van der Waals surface area contributed by atoms with E-state index in [0.717, 1.165) is 11.1 Å². The molecule has 1 saturated carbocycles. The molecule has 5 rings (SSSR count). The lowest BCUT2D eigenvalue weighted by Crippen LogP contribution is -2.64. The second-order valence-corrected chi connectivity index (χ2v) is 19.9. The number of piperidine rings is 1. The van der Waals surface area contributed by atoms with Crippen molar-refractivity contribution < 1.29 is 57.2 Å². The molecule has 0 spiro atoms. The van der Waals surface area contributed by atoms with Gasteiger partial charge in [-0.15, -0.1) is 0 Å². The Bertz CT molecular complexity index is 1910. The number of ketones is 2. The summed E-state index contributed by atoms with van der Waals surface area (Å²) in [6.07, 6.45) is 3.54. The Morgan fingerprint density at radius 3 is 2.28 bits per heavy atom. The van der Waals surface area contributed by atoms with Crippen LogP contribution in [0, 0.1) is 29.6 Å². The zero-order valence-corrected chi connectivity index (χ0v) is 41.2. The number of rotatable bonds is 10. The van der Waals surface area contributed by atoms with Gasteiger partial charge in [-0.2, -0.15) is 0 Å². The number of esters is 1. The van der Waals surface area contributed by atoms with E-state index in [-0.39, 0.29) is 67.9 Å². The van der Waals surface area contributed by atoms with Crippen molar-refractivity contribution in [1.29, 1.82) is 0 Å². The fraction of sp³-hybridized carbons (Fsp3) is 0.712. The first-order valence-corrected chi connectivity index (χ1v) is 24.5. The zero-order chi connectivity index (χ0) is 49.2. The highest BCUT2D eigenvalue weighted by atomic mass is 19.1. The topological polar surface area (TPSA) is 193 Å². The third-order valence-electron chi connectivity index (χ3n) is 15.0. The number of ether oxygens (including phenoxy) is 5. The van der Waals surface area contributed by atoms with Crippen LogP contribution in [0.3, 0.4) is 0 Å². The minimum Gasteiger partial charge on any atom is -0.456 e. The predicted octanol–water partition coefficient (Wildman–Crippen LogP) is 6.14. The normalized spacial score (nSPS) is 37.0. The second kappa shape index (κ2) is 24.6. The van der Waals surface area contributed by atoms with Gasteiger partial charge in [0.2, 0.25) is 11.7 Å². The van der Waals surface area contributed by atoms with Crippen LogP contribution in [0.4, 0.5) is 4.39 Å². The predicted molar refractivity (Wildman–Crippen MR) is 251 cm³/mol. The number of carbonyl (C=O) groups is 5. The molecule has 4 aliphatic rings. The summed E-state index contributed by atoms with van der Waals surface area (Å²) in [6, 6.07) is 7.51. The van der Waals surface area contributed by atoms with Crippen LogP contribution in [-0.2, 0) is 54.1 Å². The van der Waals surface area contributed by atoms with Gasteiger partial charge < -0.3 is 44.7 Å². The number of Topliss-reactive ketones (excluding diaryl/α,β-unsaturated/α-hetero) is 2. The van der Waals surface area contributed by atoms with Crippen molar-refractivity contribution in [3.63, 3.8) is 0 Å². The van der Waals surface area contributed by atoms with E-state index in [9.17, 15) is 29.1 Å². The molecule has 15 atom stereocenters. The van der Waals surface area contributed by atoms with Crippen molar-refractivity contribution in [2.45, 2.75) is 179 Å². The number of hydrogen-bond donors (Lipinski definition) is 3. The number of cyclic esters (lactones) is 1. The number of amides is 2. The Kier molecular flexibility index (Phi) is 19.9. The van der Waals surface area contributed by atoms with Crippen LogP contribution in [0.15, 0.2) is 53.6 Å². The van der Waals surface area contributed by atoms with Gasteiger partial charge in [-0.1, -0.05) is 70.2 Å². The molecule has 1 aliphatic carbocycles. The second-order valence-electron chi connectivity index (χ2n) is 19.9. The Morgan fingerprint density at radius 2 is 1.63 bits per heavy atom. The Morgan fingerprint density at radius 1 is 0.955 bits per heavy atom. The number of alkyl halides is 1. The molecule has 1 aromatic rings. The lowest BCUT2D eigenvalue weighted by atomic mass is 9.81. The van der Waals surface area contributed by atoms with Gasteiger partial charge in [-0.25, -0.2) is 9.18 Å². The van der Waals surface area contributed by atoms with E-state index >= 15 is 4.39 Å².